The van der Waals surface area contributed by atoms with Crippen LogP contribution in [0.5, 0.6) is 0 Å². The maximum Gasteiger partial charge on any atom is 2.00 e. The Morgan fingerprint density at radius 2 is 0.459 bits per heavy atom. The maximum absolute atomic E-state index is 11.9. The summed E-state index contributed by atoms with van der Waals surface area (Å²) >= 11 is 0. The Labute approximate surface area is 565 Å². The van der Waals surface area contributed by atoms with Gasteiger partial charge < -0.3 is 9.11 Å². The van der Waals surface area contributed by atoms with Crippen LogP contribution in [0.25, 0.3) is 21.5 Å². The number of hydrogen-bond acceptors (Lipinski definition) is 6. The van der Waals surface area contributed by atoms with Crippen LogP contribution in [0.15, 0.2) is 70.5 Å². The fourth-order valence-electron chi connectivity index (χ4n) is 12.6. The van der Waals surface area contributed by atoms with Gasteiger partial charge in [-0.15, -0.1) is 0 Å². The molecule has 4 aromatic carbocycles. The van der Waals surface area contributed by atoms with Crippen LogP contribution in [0.2, 0.25) is 0 Å². The largest absolute Gasteiger partial charge is 2.00 e. The Hall–Kier alpha value is -1.21. The van der Waals surface area contributed by atoms with E-state index in [1.54, 1.807) is 24.3 Å². The van der Waals surface area contributed by atoms with Crippen LogP contribution in [0.1, 0.15) is 358 Å². The molecule has 0 unspecified atom stereocenters. The zero-order valence-electron chi connectivity index (χ0n) is 55.5. The van der Waals surface area contributed by atoms with Crippen molar-refractivity contribution in [2.75, 3.05) is 0 Å². The SMILES string of the molecule is CCCCCCCCCCCCCCc1ccc2cc(S(=O)(=O)[O-])cc(CCCCCCCCCCCCCC)c2c1.CCCCCCCCCCCCCCc1ccc2cc(S(=O)(=O)[O-])cc(CCCCCCCCCCCCCC)c2c1.[Ba+2]. The van der Waals surface area contributed by atoms with E-state index in [4.69, 9.17) is 0 Å². The molecule has 85 heavy (non-hydrogen) atoms. The van der Waals surface area contributed by atoms with Gasteiger partial charge in [-0.3, -0.25) is 0 Å². The van der Waals surface area contributed by atoms with E-state index in [0.29, 0.717) is 0 Å². The van der Waals surface area contributed by atoms with Crippen molar-refractivity contribution in [2.24, 2.45) is 0 Å². The molecule has 0 spiro atoms. The zero-order valence-corrected chi connectivity index (χ0v) is 61.6. The molecule has 0 saturated carbocycles. The quantitative estimate of drug-likeness (QED) is 0.0247. The number of hydrogen-bond donors (Lipinski definition) is 0. The molecule has 0 heterocycles. The number of benzene rings is 4. The van der Waals surface area contributed by atoms with E-state index < -0.39 is 20.2 Å². The molecular formula is C76H126BaO6S2. The van der Waals surface area contributed by atoms with Gasteiger partial charge in [0.05, 0.1) is 9.79 Å². The van der Waals surface area contributed by atoms with Crippen molar-refractivity contribution >= 4 is 90.7 Å². The first-order valence-electron chi connectivity index (χ1n) is 35.9. The summed E-state index contributed by atoms with van der Waals surface area (Å²) < 4.78 is 71.1. The van der Waals surface area contributed by atoms with Crippen molar-refractivity contribution in [3.05, 3.63) is 82.9 Å². The second-order valence-corrected chi connectivity index (χ2v) is 28.5. The first kappa shape index (κ1) is 79.9. The van der Waals surface area contributed by atoms with E-state index in [9.17, 15) is 25.9 Å². The summed E-state index contributed by atoms with van der Waals surface area (Å²) in [6, 6.07) is 19.2. The van der Waals surface area contributed by atoms with Gasteiger partial charge in [-0.1, -0.05) is 347 Å². The summed E-state index contributed by atoms with van der Waals surface area (Å²) in [5.74, 6) is 0. The molecule has 0 amide bonds. The molecule has 0 aliphatic rings. The van der Waals surface area contributed by atoms with Crippen molar-refractivity contribution < 1.29 is 25.9 Å². The van der Waals surface area contributed by atoms with Crippen molar-refractivity contribution in [1.82, 2.24) is 0 Å². The van der Waals surface area contributed by atoms with E-state index in [0.717, 1.165) is 84.0 Å². The predicted molar refractivity (Wildman–Crippen MR) is 369 cm³/mol. The standard InChI is InChI=1S/2C38H64O3S.Ba/c2*1-3-5-7-9-11-13-15-17-19-21-23-25-27-34-29-30-36-33-37(42(39,40)41)32-35(38(36)31-34)28-26-24-22-20-18-16-14-12-10-8-6-4-2;/h2*29-33H,3-28H2,1-2H3,(H,39,40,41);/q;;+2/p-2. The summed E-state index contributed by atoms with van der Waals surface area (Å²) in [7, 11) is -8.93. The molecule has 0 aliphatic heterocycles. The van der Waals surface area contributed by atoms with E-state index >= 15 is 0 Å². The summed E-state index contributed by atoms with van der Waals surface area (Å²) in [5.41, 5.74) is 4.68. The molecule has 0 fully saturated rings. The molecule has 480 valence electrons. The number of rotatable bonds is 54. The Balaban J connectivity index is 0.000000573. The van der Waals surface area contributed by atoms with Crippen LogP contribution in [-0.2, 0) is 45.9 Å². The van der Waals surface area contributed by atoms with Gasteiger partial charge in [0.1, 0.15) is 20.2 Å². The Morgan fingerprint density at radius 3 is 0.671 bits per heavy atom. The van der Waals surface area contributed by atoms with E-state index in [1.165, 1.54) is 294 Å². The van der Waals surface area contributed by atoms with E-state index in [-0.39, 0.29) is 58.7 Å². The molecule has 0 aromatic heterocycles. The molecule has 0 bridgehead atoms. The summed E-state index contributed by atoms with van der Waals surface area (Å²) in [6.45, 7) is 9.09. The van der Waals surface area contributed by atoms with Gasteiger partial charge in [-0.25, -0.2) is 16.8 Å². The van der Waals surface area contributed by atoms with Crippen molar-refractivity contribution in [1.29, 1.82) is 0 Å². The summed E-state index contributed by atoms with van der Waals surface area (Å²) in [4.78, 5) is -0.171. The third-order valence-corrected chi connectivity index (χ3v) is 19.6. The fraction of sp³-hybridized carbons (Fsp3) is 0.737. The molecule has 6 nitrogen and oxygen atoms in total. The molecule has 4 rings (SSSR count). The Morgan fingerprint density at radius 1 is 0.259 bits per heavy atom. The van der Waals surface area contributed by atoms with E-state index in [2.05, 4.69) is 52.0 Å². The zero-order chi connectivity index (χ0) is 60.6. The molecule has 0 N–H and O–H groups in total. The second-order valence-electron chi connectivity index (χ2n) is 25.7. The monoisotopic (exact) mass is 1340 g/mol. The van der Waals surface area contributed by atoms with Crippen molar-refractivity contribution in [3.63, 3.8) is 0 Å². The molecule has 9 heteroatoms. The molecule has 0 aliphatic carbocycles. The normalized spacial score (nSPS) is 11.8. The van der Waals surface area contributed by atoms with Crippen LogP contribution in [-0.4, -0.2) is 74.8 Å². The topological polar surface area (TPSA) is 114 Å². The number of aryl methyl sites for hydroxylation is 4. The minimum Gasteiger partial charge on any atom is -0.744 e. The third-order valence-electron chi connectivity index (χ3n) is 18.0. The van der Waals surface area contributed by atoms with Crippen LogP contribution >= 0.6 is 0 Å². The summed E-state index contributed by atoms with van der Waals surface area (Å²) in [5, 5.41) is 4.00. The summed E-state index contributed by atoms with van der Waals surface area (Å²) in [6.07, 6.45) is 67.5. The molecular weight excluding hydrogens is 1210 g/mol. The third kappa shape index (κ3) is 39.6. The Kier molecular flexibility index (Phi) is 49.3. The average Bonchev–Trinajstić information content (AvgIpc) is 2.43. The fourth-order valence-corrected chi connectivity index (χ4v) is 13.7. The van der Waals surface area contributed by atoms with Gasteiger partial charge in [0.25, 0.3) is 0 Å². The molecule has 0 radical (unpaired) electrons. The smallest absolute Gasteiger partial charge is 0.744 e. The predicted octanol–water partition coefficient (Wildman–Crippen LogP) is 24.1. The van der Waals surface area contributed by atoms with Crippen molar-refractivity contribution in [3.8, 4) is 0 Å². The minimum atomic E-state index is -4.47. The molecule has 0 saturated heterocycles. The number of fused-ring (bicyclic) bond motifs is 2. The van der Waals surface area contributed by atoms with Crippen molar-refractivity contribution in [2.45, 2.75) is 371 Å². The first-order chi connectivity index (χ1) is 40.9. The average molecular weight is 1340 g/mol. The molecule has 4 aromatic rings. The van der Waals surface area contributed by atoms with Gasteiger partial charge >= 0.3 is 48.9 Å². The van der Waals surface area contributed by atoms with Gasteiger partial charge in [0.15, 0.2) is 0 Å². The first-order valence-corrected chi connectivity index (χ1v) is 38.8. The van der Waals surface area contributed by atoms with Crippen LogP contribution in [0, 0.1) is 0 Å². The van der Waals surface area contributed by atoms with Crippen LogP contribution < -0.4 is 0 Å². The Bertz CT molecular complexity index is 2300. The van der Waals surface area contributed by atoms with Gasteiger partial charge in [0.2, 0.25) is 0 Å². The van der Waals surface area contributed by atoms with E-state index in [1.807, 2.05) is 12.1 Å². The van der Waals surface area contributed by atoms with Crippen LogP contribution in [0.4, 0.5) is 0 Å². The molecule has 0 atom stereocenters. The van der Waals surface area contributed by atoms with Gasteiger partial charge in [-0.05, 0) is 119 Å². The second kappa shape index (κ2) is 52.4. The van der Waals surface area contributed by atoms with Gasteiger partial charge in [-0.2, -0.15) is 0 Å². The maximum atomic E-state index is 11.9. The number of unbranched alkanes of at least 4 members (excludes halogenated alkanes) is 44. The van der Waals surface area contributed by atoms with Gasteiger partial charge in [0, 0.05) is 0 Å². The minimum absolute atomic E-state index is 0. The van der Waals surface area contributed by atoms with Crippen LogP contribution in [0.3, 0.4) is 0 Å².